The van der Waals surface area contributed by atoms with Crippen molar-refractivity contribution < 1.29 is 0 Å². The molecule has 4 heteroatoms. The van der Waals surface area contributed by atoms with Gasteiger partial charge in [-0.05, 0) is 48.6 Å². The minimum absolute atomic E-state index is 0.0315. The molecule has 1 aromatic carbocycles. The van der Waals surface area contributed by atoms with Gasteiger partial charge in [-0.25, -0.2) is 9.48 Å². The van der Waals surface area contributed by atoms with Gasteiger partial charge in [-0.1, -0.05) is 25.5 Å². The van der Waals surface area contributed by atoms with Gasteiger partial charge in [0.1, 0.15) is 5.82 Å². The third kappa shape index (κ3) is 2.46. The molecule has 1 aromatic heterocycles. The van der Waals surface area contributed by atoms with Crippen LogP contribution in [0.2, 0.25) is 0 Å². The topological polar surface area (TPSA) is 39.8 Å². The zero-order chi connectivity index (χ0) is 15.0. The van der Waals surface area contributed by atoms with Crippen LogP contribution in [0.1, 0.15) is 47.8 Å². The van der Waals surface area contributed by atoms with Crippen molar-refractivity contribution in [2.24, 2.45) is 0 Å². The van der Waals surface area contributed by atoms with E-state index in [2.05, 4.69) is 38.0 Å². The summed E-state index contributed by atoms with van der Waals surface area (Å²) in [5.41, 5.74) is 4.95. The minimum atomic E-state index is -0.0315. The van der Waals surface area contributed by atoms with Crippen molar-refractivity contribution in [1.82, 2.24) is 14.3 Å². The Labute approximate surface area is 124 Å². The highest BCUT2D eigenvalue weighted by Crippen LogP contribution is 2.22. The molecule has 0 radical (unpaired) electrons. The van der Waals surface area contributed by atoms with E-state index in [1.165, 1.54) is 22.3 Å². The zero-order valence-electron chi connectivity index (χ0n) is 12.9. The van der Waals surface area contributed by atoms with Crippen molar-refractivity contribution in [1.29, 1.82) is 0 Å². The lowest BCUT2D eigenvalue weighted by Crippen LogP contribution is -2.22. The number of fused-ring (bicyclic) bond motifs is 2. The zero-order valence-corrected chi connectivity index (χ0v) is 12.9. The number of hydrogen-bond donors (Lipinski definition) is 0. The van der Waals surface area contributed by atoms with Gasteiger partial charge in [-0.15, -0.1) is 0 Å². The molecule has 1 aliphatic rings. The van der Waals surface area contributed by atoms with Gasteiger partial charge in [0.15, 0.2) is 0 Å². The minimum Gasteiger partial charge on any atom is -0.253 e. The summed E-state index contributed by atoms with van der Waals surface area (Å²) in [6.45, 7) is 7.05. The summed E-state index contributed by atoms with van der Waals surface area (Å²) in [5.74, 6) is 0.828. The first-order valence-corrected chi connectivity index (χ1v) is 7.56. The third-order valence-electron chi connectivity index (χ3n) is 4.17. The van der Waals surface area contributed by atoms with Crippen LogP contribution in [0, 0.1) is 13.8 Å². The Morgan fingerprint density at radius 3 is 2.76 bits per heavy atom. The van der Waals surface area contributed by atoms with Crippen LogP contribution in [0.15, 0.2) is 16.9 Å². The normalized spacial score (nSPS) is 12.9. The van der Waals surface area contributed by atoms with E-state index in [0.29, 0.717) is 13.0 Å². The monoisotopic (exact) mass is 283 g/mol. The summed E-state index contributed by atoms with van der Waals surface area (Å²) in [5, 5.41) is 4.51. The number of aromatic nitrogens is 3. The Hall–Kier alpha value is -2.10. The van der Waals surface area contributed by atoms with Gasteiger partial charge in [0.2, 0.25) is 0 Å². The van der Waals surface area contributed by atoms with Crippen LogP contribution in [0.4, 0.5) is 0 Å². The second-order valence-corrected chi connectivity index (χ2v) is 5.77. The lowest BCUT2D eigenvalue weighted by Gasteiger charge is -2.07. The Bertz CT molecular complexity index is 765. The van der Waals surface area contributed by atoms with Gasteiger partial charge >= 0.3 is 5.69 Å². The van der Waals surface area contributed by atoms with Crippen LogP contribution in [0.3, 0.4) is 0 Å². The smallest absolute Gasteiger partial charge is 0.253 e. The van der Waals surface area contributed by atoms with Gasteiger partial charge < -0.3 is 0 Å². The summed E-state index contributed by atoms with van der Waals surface area (Å²) >= 11 is 0. The molecule has 110 valence electrons. The fourth-order valence-corrected chi connectivity index (χ4v) is 2.72. The molecule has 2 heterocycles. The van der Waals surface area contributed by atoms with E-state index in [-0.39, 0.29) is 5.69 Å². The number of benzene rings is 1. The number of aryl methyl sites for hydroxylation is 3. The predicted molar refractivity (Wildman–Crippen MR) is 85.3 cm³/mol. The van der Waals surface area contributed by atoms with E-state index in [0.717, 1.165) is 18.7 Å². The van der Waals surface area contributed by atoms with E-state index < -0.39 is 0 Å². The molecular weight excluding hydrogens is 262 g/mol. The van der Waals surface area contributed by atoms with Crippen LogP contribution in [0.5, 0.6) is 0 Å². The molecule has 0 saturated carbocycles. The molecular formula is C17H21N3O. The lowest BCUT2D eigenvalue weighted by molar-refractivity contribution is 0.549. The molecule has 0 amide bonds. The van der Waals surface area contributed by atoms with Crippen molar-refractivity contribution >= 4 is 12.3 Å². The van der Waals surface area contributed by atoms with E-state index in [1.807, 2.05) is 12.3 Å². The molecule has 2 aromatic rings. The molecule has 0 N–H and O–H groups in total. The molecule has 21 heavy (non-hydrogen) atoms. The Morgan fingerprint density at radius 1 is 1.24 bits per heavy atom. The highest BCUT2D eigenvalue weighted by atomic mass is 16.2. The van der Waals surface area contributed by atoms with Crippen molar-refractivity contribution in [2.75, 3.05) is 0 Å². The maximum absolute atomic E-state index is 12.4. The van der Waals surface area contributed by atoms with Gasteiger partial charge in [0.05, 0.1) is 0 Å². The highest BCUT2D eigenvalue weighted by molar-refractivity contribution is 5.66. The first-order chi connectivity index (χ1) is 10.1. The van der Waals surface area contributed by atoms with Gasteiger partial charge in [0, 0.05) is 19.2 Å². The van der Waals surface area contributed by atoms with Crippen LogP contribution < -0.4 is 5.69 Å². The molecule has 1 aliphatic heterocycles. The van der Waals surface area contributed by atoms with Crippen molar-refractivity contribution in [2.45, 2.75) is 46.6 Å². The first kappa shape index (κ1) is 13.9. The fourth-order valence-electron chi connectivity index (χ4n) is 2.72. The molecule has 0 unspecified atom stereocenters. The van der Waals surface area contributed by atoms with Crippen LogP contribution in [-0.4, -0.2) is 14.3 Å². The average molecular weight is 283 g/mol. The summed E-state index contributed by atoms with van der Waals surface area (Å²) in [4.78, 5) is 12.4. The molecule has 0 bridgehead atoms. The van der Waals surface area contributed by atoms with E-state index in [9.17, 15) is 4.79 Å². The van der Waals surface area contributed by atoms with Gasteiger partial charge in [-0.2, -0.15) is 5.10 Å². The number of nitrogens with zero attached hydrogens (tertiary/aromatic N) is 3. The summed E-state index contributed by atoms with van der Waals surface area (Å²) in [6.07, 6.45) is 6.62. The first-order valence-electron chi connectivity index (χ1n) is 7.56. The van der Waals surface area contributed by atoms with Crippen LogP contribution in [-0.2, 0) is 13.0 Å². The number of hydrogen-bond acceptors (Lipinski definition) is 2. The predicted octanol–water partition coefficient (Wildman–Crippen LogP) is 2.99. The van der Waals surface area contributed by atoms with E-state index >= 15 is 0 Å². The van der Waals surface area contributed by atoms with Crippen molar-refractivity contribution in [3.63, 3.8) is 0 Å². The molecule has 0 aliphatic carbocycles. The van der Waals surface area contributed by atoms with Crippen molar-refractivity contribution in [3.05, 3.63) is 50.7 Å². The van der Waals surface area contributed by atoms with Crippen molar-refractivity contribution in [3.8, 4) is 0 Å². The van der Waals surface area contributed by atoms with Gasteiger partial charge in [-0.3, -0.25) is 4.57 Å². The van der Waals surface area contributed by atoms with E-state index in [1.54, 1.807) is 9.25 Å². The fraction of sp³-hybridized carbons (Fsp3) is 0.412. The molecule has 0 spiro atoms. The maximum atomic E-state index is 12.4. The largest absolute Gasteiger partial charge is 0.350 e. The second-order valence-electron chi connectivity index (χ2n) is 5.77. The Morgan fingerprint density at radius 2 is 2.00 bits per heavy atom. The lowest BCUT2D eigenvalue weighted by atomic mass is 9.98. The molecule has 4 nitrogen and oxygen atoms in total. The highest BCUT2D eigenvalue weighted by Gasteiger charge is 2.16. The standard InChI is InChI=1S/C17H21N3O/c1-4-5-7-20-17(21)19-8-6-14-9-12(2)13(3)10-15(14)11-16(19)18-20/h6,8-10H,4-5,7,11H2,1-3H3. The third-order valence-corrected chi connectivity index (χ3v) is 4.17. The SMILES string of the molecule is CCCCn1nc2n(c1=O)C=Cc1cc(C)c(C)cc1C2. The summed E-state index contributed by atoms with van der Waals surface area (Å²) < 4.78 is 3.27. The van der Waals surface area contributed by atoms with Crippen LogP contribution in [0.25, 0.3) is 12.3 Å². The summed E-state index contributed by atoms with van der Waals surface area (Å²) in [7, 11) is 0. The molecule has 0 saturated heterocycles. The second kappa shape index (κ2) is 5.35. The van der Waals surface area contributed by atoms with Gasteiger partial charge in [0.25, 0.3) is 0 Å². The number of rotatable bonds is 3. The molecule has 3 rings (SSSR count). The Balaban J connectivity index is 2.04. The quantitative estimate of drug-likeness (QED) is 0.741. The maximum Gasteiger partial charge on any atom is 0.350 e. The number of unbranched alkanes of at least 4 members (excludes halogenated alkanes) is 1. The van der Waals surface area contributed by atoms with E-state index in [4.69, 9.17) is 0 Å². The average Bonchev–Trinajstić information content (AvgIpc) is 2.64. The van der Waals surface area contributed by atoms with Crippen LogP contribution >= 0.6 is 0 Å². The molecule has 0 fully saturated rings. The molecule has 0 atom stereocenters. The summed E-state index contributed by atoms with van der Waals surface area (Å²) in [6, 6.07) is 4.39. The Kier molecular flexibility index (Phi) is 3.53.